The van der Waals surface area contributed by atoms with E-state index in [1.165, 1.54) is 0 Å². The Balaban J connectivity index is 1.94. The van der Waals surface area contributed by atoms with E-state index in [0.717, 1.165) is 41.2 Å². The first-order valence-corrected chi connectivity index (χ1v) is 10.8. The highest BCUT2D eigenvalue weighted by atomic mass is 32.1. The van der Waals surface area contributed by atoms with Gasteiger partial charge in [-0.25, -0.2) is 4.98 Å². The zero-order valence-corrected chi connectivity index (χ0v) is 17.8. The Labute approximate surface area is 180 Å². The van der Waals surface area contributed by atoms with Crippen molar-refractivity contribution in [2.45, 2.75) is 39.2 Å². The van der Waals surface area contributed by atoms with Gasteiger partial charge in [-0.2, -0.15) is 0 Å². The molecule has 0 saturated heterocycles. The van der Waals surface area contributed by atoms with Crippen LogP contribution >= 0.6 is 11.3 Å². The summed E-state index contributed by atoms with van der Waals surface area (Å²) < 4.78 is 2.10. The second-order valence-corrected chi connectivity index (χ2v) is 8.17. The monoisotopic (exact) mass is 422 g/mol. The average Bonchev–Trinajstić information content (AvgIpc) is 3.37. The highest BCUT2D eigenvalue weighted by molar-refractivity contribution is 7.09. The number of hydrogen-bond acceptors (Lipinski definition) is 4. The van der Waals surface area contributed by atoms with Crippen LogP contribution in [0.3, 0.4) is 0 Å². The van der Waals surface area contributed by atoms with E-state index >= 15 is 0 Å². The van der Waals surface area contributed by atoms with Crippen molar-refractivity contribution in [3.8, 4) is 0 Å². The SMILES string of the molecule is CCCCc1ncc(/C=C(\Cc2cccs2)C(N)=O)n1Cc1ccc(C(N)=O)cc1. The molecule has 0 aliphatic carbocycles. The predicted octanol–water partition coefficient (Wildman–Crippen LogP) is 3.55. The molecule has 2 heterocycles. The molecule has 0 aliphatic heterocycles. The van der Waals surface area contributed by atoms with Crippen LogP contribution in [-0.2, 0) is 24.2 Å². The highest BCUT2D eigenvalue weighted by Crippen LogP contribution is 2.19. The summed E-state index contributed by atoms with van der Waals surface area (Å²) in [5.74, 6) is 0.0789. The van der Waals surface area contributed by atoms with Gasteiger partial charge in [0.1, 0.15) is 5.82 Å². The zero-order chi connectivity index (χ0) is 21.5. The Morgan fingerprint density at radius 3 is 2.53 bits per heavy atom. The molecule has 1 aromatic carbocycles. The molecule has 4 N–H and O–H groups in total. The van der Waals surface area contributed by atoms with Crippen LogP contribution in [-0.4, -0.2) is 21.4 Å². The van der Waals surface area contributed by atoms with E-state index in [1.54, 1.807) is 29.7 Å². The van der Waals surface area contributed by atoms with Gasteiger partial charge in [0.2, 0.25) is 11.8 Å². The smallest absolute Gasteiger partial charge is 0.248 e. The lowest BCUT2D eigenvalue weighted by Crippen LogP contribution is -2.16. The fourth-order valence-electron chi connectivity index (χ4n) is 3.21. The number of aromatic nitrogens is 2. The second-order valence-electron chi connectivity index (χ2n) is 7.14. The van der Waals surface area contributed by atoms with Crippen LogP contribution in [0.2, 0.25) is 0 Å². The van der Waals surface area contributed by atoms with Crippen molar-refractivity contribution in [2.75, 3.05) is 0 Å². The van der Waals surface area contributed by atoms with Gasteiger partial charge in [-0.15, -0.1) is 11.3 Å². The van der Waals surface area contributed by atoms with Crippen molar-refractivity contribution in [1.82, 2.24) is 9.55 Å². The van der Waals surface area contributed by atoms with Gasteiger partial charge in [0, 0.05) is 35.4 Å². The lowest BCUT2D eigenvalue weighted by Gasteiger charge is -2.12. The van der Waals surface area contributed by atoms with Crippen molar-refractivity contribution in [2.24, 2.45) is 11.5 Å². The Kier molecular flexibility index (Phi) is 7.19. The van der Waals surface area contributed by atoms with Crippen LogP contribution in [0, 0.1) is 0 Å². The van der Waals surface area contributed by atoms with Crippen LogP contribution in [0.25, 0.3) is 6.08 Å². The fourth-order valence-corrected chi connectivity index (χ4v) is 3.93. The minimum atomic E-state index is -0.448. The molecule has 0 atom stereocenters. The minimum Gasteiger partial charge on any atom is -0.366 e. The third-order valence-electron chi connectivity index (χ3n) is 4.89. The number of benzene rings is 1. The first kappa shape index (κ1) is 21.5. The number of primary amides is 2. The number of aryl methyl sites for hydroxylation is 1. The molecule has 0 spiro atoms. The van der Waals surface area contributed by atoms with Gasteiger partial charge in [0.25, 0.3) is 0 Å². The van der Waals surface area contributed by atoms with E-state index in [-0.39, 0.29) is 0 Å². The number of unbranched alkanes of at least 4 members (excludes halogenated alkanes) is 1. The predicted molar refractivity (Wildman–Crippen MR) is 120 cm³/mol. The number of carbonyl (C=O) groups excluding carboxylic acids is 2. The Morgan fingerprint density at radius 1 is 1.17 bits per heavy atom. The van der Waals surface area contributed by atoms with E-state index in [1.807, 2.05) is 35.7 Å². The van der Waals surface area contributed by atoms with Gasteiger partial charge in [-0.05, 0) is 41.6 Å². The van der Waals surface area contributed by atoms with Crippen molar-refractivity contribution in [3.63, 3.8) is 0 Å². The summed E-state index contributed by atoms with van der Waals surface area (Å²) >= 11 is 1.60. The molecule has 7 heteroatoms. The minimum absolute atomic E-state index is 0.433. The number of hydrogen-bond donors (Lipinski definition) is 2. The van der Waals surface area contributed by atoms with Gasteiger partial charge in [0.05, 0.1) is 11.9 Å². The van der Waals surface area contributed by atoms with Gasteiger partial charge in [-0.3, -0.25) is 9.59 Å². The summed E-state index contributed by atoms with van der Waals surface area (Å²) in [5, 5.41) is 1.98. The quantitative estimate of drug-likeness (QED) is 0.488. The molecule has 2 aromatic heterocycles. The number of thiophene rings is 1. The number of rotatable bonds is 10. The van der Waals surface area contributed by atoms with Crippen LogP contribution < -0.4 is 11.5 Å². The van der Waals surface area contributed by atoms with E-state index in [0.29, 0.717) is 24.1 Å². The largest absolute Gasteiger partial charge is 0.366 e. The Hall–Kier alpha value is -3.19. The topological polar surface area (TPSA) is 104 Å². The molecular weight excluding hydrogens is 396 g/mol. The van der Waals surface area contributed by atoms with Crippen molar-refractivity contribution in [1.29, 1.82) is 0 Å². The maximum atomic E-state index is 12.1. The molecule has 2 amide bonds. The third-order valence-corrected chi connectivity index (χ3v) is 5.76. The first-order valence-electron chi connectivity index (χ1n) is 9.93. The standard InChI is InChI=1S/C23H26N4O2S/c1-2-3-6-21-26-14-19(12-18(23(25)29)13-20-5-4-11-30-20)27(21)15-16-7-9-17(10-8-16)22(24)28/h4-5,7-12,14H,2-3,6,13,15H2,1H3,(H2,24,28)(H2,25,29)/b18-12+. The molecule has 0 saturated carbocycles. The number of amides is 2. The maximum absolute atomic E-state index is 12.1. The Morgan fingerprint density at radius 2 is 1.93 bits per heavy atom. The average molecular weight is 423 g/mol. The van der Waals surface area contributed by atoms with Crippen LogP contribution in [0.1, 0.15) is 52.1 Å². The normalized spacial score (nSPS) is 11.6. The Bertz CT molecular complexity index is 1030. The third kappa shape index (κ3) is 5.45. The summed E-state index contributed by atoms with van der Waals surface area (Å²) in [5.41, 5.74) is 13.9. The molecule has 6 nitrogen and oxygen atoms in total. The molecule has 0 bridgehead atoms. The summed E-state index contributed by atoms with van der Waals surface area (Å²) in [6, 6.07) is 11.2. The van der Waals surface area contributed by atoms with Crippen molar-refractivity contribution < 1.29 is 9.59 Å². The number of carbonyl (C=O) groups is 2. The lowest BCUT2D eigenvalue weighted by atomic mass is 10.1. The number of imidazole rings is 1. The summed E-state index contributed by atoms with van der Waals surface area (Å²) in [4.78, 5) is 29.1. The molecule has 0 fully saturated rings. The van der Waals surface area contributed by atoms with E-state index in [9.17, 15) is 9.59 Å². The molecule has 0 radical (unpaired) electrons. The maximum Gasteiger partial charge on any atom is 0.248 e. The van der Waals surface area contributed by atoms with Crippen LogP contribution in [0.5, 0.6) is 0 Å². The molecule has 0 aliphatic rings. The van der Waals surface area contributed by atoms with Crippen LogP contribution in [0.15, 0.2) is 53.5 Å². The highest BCUT2D eigenvalue weighted by Gasteiger charge is 2.13. The van der Waals surface area contributed by atoms with Gasteiger partial charge >= 0.3 is 0 Å². The second kappa shape index (κ2) is 10.0. The first-order chi connectivity index (χ1) is 14.5. The van der Waals surface area contributed by atoms with Crippen molar-refractivity contribution in [3.05, 3.63) is 81.1 Å². The molecule has 156 valence electrons. The van der Waals surface area contributed by atoms with Gasteiger partial charge in [0.15, 0.2) is 0 Å². The van der Waals surface area contributed by atoms with Crippen molar-refractivity contribution >= 4 is 29.2 Å². The molecule has 3 rings (SSSR count). The molecule has 0 unspecified atom stereocenters. The number of nitrogens with zero attached hydrogens (tertiary/aromatic N) is 2. The molecular formula is C23H26N4O2S. The summed E-state index contributed by atoms with van der Waals surface area (Å²) in [7, 11) is 0. The van der Waals surface area contributed by atoms with E-state index in [4.69, 9.17) is 11.5 Å². The zero-order valence-electron chi connectivity index (χ0n) is 17.0. The summed E-state index contributed by atoms with van der Waals surface area (Å²) in [6.07, 6.45) is 7.06. The van der Waals surface area contributed by atoms with Gasteiger partial charge in [-0.1, -0.05) is 31.5 Å². The van der Waals surface area contributed by atoms with E-state index < -0.39 is 11.8 Å². The van der Waals surface area contributed by atoms with Gasteiger partial charge < -0.3 is 16.0 Å². The fraction of sp³-hybridized carbons (Fsp3) is 0.261. The molecule has 30 heavy (non-hydrogen) atoms. The lowest BCUT2D eigenvalue weighted by molar-refractivity contribution is -0.114. The summed E-state index contributed by atoms with van der Waals surface area (Å²) in [6.45, 7) is 2.72. The number of nitrogens with two attached hydrogens (primary N) is 2. The van der Waals surface area contributed by atoms with E-state index in [2.05, 4.69) is 16.5 Å². The molecule has 3 aromatic rings. The van der Waals surface area contributed by atoms with Crippen LogP contribution in [0.4, 0.5) is 0 Å².